The number of thiophene rings is 1. The molecular weight excluding hydrogens is 286 g/mol. The topological polar surface area (TPSA) is 66.4 Å². The van der Waals surface area contributed by atoms with Crippen LogP contribution in [0.15, 0.2) is 17.5 Å². The van der Waals surface area contributed by atoms with Gasteiger partial charge in [-0.1, -0.05) is 6.07 Å². The van der Waals surface area contributed by atoms with Crippen molar-refractivity contribution >= 4 is 23.2 Å². The van der Waals surface area contributed by atoms with Gasteiger partial charge in [-0.05, 0) is 55.4 Å². The molecule has 0 radical (unpaired) electrons. The Morgan fingerprint density at radius 3 is 2.86 bits per heavy atom. The van der Waals surface area contributed by atoms with Gasteiger partial charge in [0, 0.05) is 17.3 Å². The van der Waals surface area contributed by atoms with E-state index in [1.165, 1.54) is 4.88 Å². The third-order valence-electron chi connectivity index (χ3n) is 4.94. The molecule has 5 heteroatoms. The zero-order valence-corrected chi connectivity index (χ0v) is 12.8. The van der Waals surface area contributed by atoms with Crippen molar-refractivity contribution < 1.29 is 14.7 Å². The molecule has 2 aliphatic carbocycles. The van der Waals surface area contributed by atoms with Crippen LogP contribution in [0.25, 0.3) is 0 Å². The predicted octanol–water partition coefficient (Wildman–Crippen LogP) is 2.69. The summed E-state index contributed by atoms with van der Waals surface area (Å²) in [7, 11) is 0. The molecule has 2 N–H and O–H groups in total. The lowest BCUT2D eigenvalue weighted by molar-refractivity contribution is -0.144. The number of hydrogen-bond acceptors (Lipinski definition) is 3. The molecule has 4 atom stereocenters. The van der Waals surface area contributed by atoms with E-state index in [1.807, 2.05) is 11.4 Å². The first-order chi connectivity index (χ1) is 10.1. The van der Waals surface area contributed by atoms with Crippen molar-refractivity contribution in [3.63, 3.8) is 0 Å². The van der Waals surface area contributed by atoms with Crippen LogP contribution in [0.3, 0.4) is 0 Å². The van der Waals surface area contributed by atoms with Crippen LogP contribution in [-0.4, -0.2) is 23.0 Å². The summed E-state index contributed by atoms with van der Waals surface area (Å²) in [6.45, 7) is 0. The Kier molecular flexibility index (Phi) is 4.29. The molecule has 21 heavy (non-hydrogen) atoms. The van der Waals surface area contributed by atoms with E-state index in [2.05, 4.69) is 11.4 Å². The number of hydrogen-bond donors (Lipinski definition) is 2. The fraction of sp³-hybridized carbons (Fsp3) is 0.625. The number of aryl methyl sites for hydroxylation is 1. The van der Waals surface area contributed by atoms with E-state index in [0.29, 0.717) is 12.3 Å². The standard InChI is InChI=1S/C16H21NO3S/c18-13(5-1-3-12-4-2-8-21-12)17-15-11-7-6-10(9-11)14(15)16(19)20/h2,4,8,10-11,14-15H,1,3,5-7,9H2,(H,17,18)(H,19,20)/t10-,11-,14+,15-/m0/s1. The monoisotopic (exact) mass is 307 g/mol. The van der Waals surface area contributed by atoms with E-state index in [0.717, 1.165) is 32.1 Å². The fourth-order valence-corrected chi connectivity index (χ4v) is 4.74. The maximum Gasteiger partial charge on any atom is 0.308 e. The molecule has 114 valence electrons. The van der Waals surface area contributed by atoms with Gasteiger partial charge >= 0.3 is 5.97 Å². The van der Waals surface area contributed by atoms with Crippen LogP contribution in [0, 0.1) is 17.8 Å². The van der Waals surface area contributed by atoms with Crippen LogP contribution in [0.1, 0.15) is 37.0 Å². The molecule has 2 saturated carbocycles. The predicted molar refractivity (Wildman–Crippen MR) is 81.1 cm³/mol. The molecule has 1 heterocycles. The van der Waals surface area contributed by atoms with Gasteiger partial charge in [0.2, 0.25) is 5.91 Å². The van der Waals surface area contributed by atoms with Gasteiger partial charge in [-0.3, -0.25) is 9.59 Å². The molecule has 2 bridgehead atoms. The molecular formula is C16H21NO3S. The van der Waals surface area contributed by atoms with E-state index in [-0.39, 0.29) is 23.8 Å². The summed E-state index contributed by atoms with van der Waals surface area (Å²) in [4.78, 5) is 24.8. The number of carbonyl (C=O) groups excluding carboxylic acids is 1. The molecule has 0 aromatic carbocycles. The van der Waals surface area contributed by atoms with Gasteiger partial charge in [0.25, 0.3) is 0 Å². The Balaban J connectivity index is 1.49. The maximum absolute atomic E-state index is 12.1. The molecule has 2 aliphatic rings. The SMILES string of the molecule is O=C(CCCc1cccs1)N[C@H]1[C@H]2CC[C@@H](C2)[C@H]1C(=O)O. The fourth-order valence-electron chi connectivity index (χ4n) is 3.99. The smallest absolute Gasteiger partial charge is 0.308 e. The Morgan fingerprint density at radius 2 is 2.14 bits per heavy atom. The molecule has 3 rings (SSSR count). The van der Waals surface area contributed by atoms with E-state index in [1.54, 1.807) is 11.3 Å². The molecule has 2 fully saturated rings. The van der Waals surface area contributed by atoms with Crippen molar-refractivity contribution in [3.05, 3.63) is 22.4 Å². The van der Waals surface area contributed by atoms with Gasteiger partial charge in [0.1, 0.15) is 0 Å². The van der Waals surface area contributed by atoms with Gasteiger partial charge in [0.15, 0.2) is 0 Å². The summed E-state index contributed by atoms with van der Waals surface area (Å²) in [5, 5.41) is 14.4. The number of carboxylic acids is 1. The summed E-state index contributed by atoms with van der Waals surface area (Å²) in [6.07, 6.45) is 5.27. The Morgan fingerprint density at radius 1 is 1.33 bits per heavy atom. The van der Waals surface area contributed by atoms with Crippen molar-refractivity contribution in [1.29, 1.82) is 0 Å². The van der Waals surface area contributed by atoms with E-state index in [9.17, 15) is 14.7 Å². The number of rotatable bonds is 6. The first-order valence-corrected chi connectivity index (χ1v) is 8.57. The van der Waals surface area contributed by atoms with Crippen molar-refractivity contribution in [2.75, 3.05) is 0 Å². The molecule has 1 amide bonds. The van der Waals surface area contributed by atoms with Crippen LogP contribution >= 0.6 is 11.3 Å². The summed E-state index contributed by atoms with van der Waals surface area (Å²) in [6, 6.07) is 3.96. The molecule has 1 aromatic rings. The Bertz CT molecular complexity index is 514. The minimum atomic E-state index is -0.744. The zero-order valence-electron chi connectivity index (χ0n) is 12.0. The minimum Gasteiger partial charge on any atom is -0.481 e. The molecule has 0 spiro atoms. The molecule has 0 saturated heterocycles. The Labute approximate surface area is 128 Å². The lowest BCUT2D eigenvalue weighted by Crippen LogP contribution is -2.46. The molecule has 1 aromatic heterocycles. The largest absolute Gasteiger partial charge is 0.481 e. The number of fused-ring (bicyclic) bond motifs is 2. The summed E-state index contributed by atoms with van der Waals surface area (Å²) >= 11 is 1.71. The van der Waals surface area contributed by atoms with Gasteiger partial charge in [-0.15, -0.1) is 11.3 Å². The second kappa shape index (κ2) is 6.18. The quantitative estimate of drug-likeness (QED) is 0.849. The number of carboxylic acid groups (broad SMARTS) is 1. The van der Waals surface area contributed by atoms with Gasteiger partial charge in [-0.2, -0.15) is 0 Å². The van der Waals surface area contributed by atoms with E-state index >= 15 is 0 Å². The third kappa shape index (κ3) is 3.12. The van der Waals surface area contributed by atoms with Crippen molar-refractivity contribution in [3.8, 4) is 0 Å². The van der Waals surface area contributed by atoms with Crippen molar-refractivity contribution in [2.45, 2.75) is 44.6 Å². The van der Waals surface area contributed by atoms with Crippen molar-refractivity contribution in [2.24, 2.45) is 17.8 Å². The van der Waals surface area contributed by atoms with Gasteiger partial charge in [-0.25, -0.2) is 0 Å². The van der Waals surface area contributed by atoms with Crippen LogP contribution in [-0.2, 0) is 16.0 Å². The first-order valence-electron chi connectivity index (χ1n) is 7.69. The maximum atomic E-state index is 12.1. The number of nitrogens with one attached hydrogen (secondary N) is 1. The summed E-state index contributed by atoms with van der Waals surface area (Å²) in [5.41, 5.74) is 0. The summed E-state index contributed by atoms with van der Waals surface area (Å²) in [5.74, 6) is -0.465. The molecule has 4 nitrogen and oxygen atoms in total. The first kappa shape index (κ1) is 14.6. The van der Waals surface area contributed by atoms with E-state index in [4.69, 9.17) is 0 Å². The second-order valence-corrected chi connectivity index (χ2v) is 7.26. The third-order valence-corrected chi connectivity index (χ3v) is 5.87. The van der Waals surface area contributed by atoms with Gasteiger partial charge < -0.3 is 10.4 Å². The average Bonchev–Trinajstić information content (AvgIpc) is 3.14. The van der Waals surface area contributed by atoms with Gasteiger partial charge in [0.05, 0.1) is 5.92 Å². The molecule has 0 unspecified atom stereocenters. The number of aliphatic carboxylic acids is 1. The minimum absolute atomic E-state index is 0.00959. The van der Waals surface area contributed by atoms with Crippen LogP contribution in [0.4, 0.5) is 0 Å². The Hall–Kier alpha value is -1.36. The van der Waals surface area contributed by atoms with E-state index < -0.39 is 5.97 Å². The van der Waals surface area contributed by atoms with Crippen LogP contribution in [0.5, 0.6) is 0 Å². The number of amides is 1. The lowest BCUT2D eigenvalue weighted by atomic mass is 9.84. The highest BCUT2D eigenvalue weighted by Gasteiger charge is 2.51. The molecule has 0 aliphatic heterocycles. The summed E-state index contributed by atoms with van der Waals surface area (Å²) < 4.78 is 0. The lowest BCUT2D eigenvalue weighted by Gasteiger charge is -2.28. The highest BCUT2D eigenvalue weighted by Crippen LogP contribution is 2.48. The normalized spacial score (nSPS) is 30.5. The zero-order chi connectivity index (χ0) is 14.8. The average molecular weight is 307 g/mol. The highest BCUT2D eigenvalue weighted by atomic mass is 32.1. The highest BCUT2D eigenvalue weighted by molar-refractivity contribution is 7.09. The van der Waals surface area contributed by atoms with Crippen molar-refractivity contribution in [1.82, 2.24) is 5.32 Å². The van der Waals surface area contributed by atoms with Crippen LogP contribution in [0.2, 0.25) is 0 Å². The second-order valence-electron chi connectivity index (χ2n) is 6.22. The van der Waals surface area contributed by atoms with Crippen LogP contribution < -0.4 is 5.32 Å². The number of carbonyl (C=O) groups is 2.